The fourth-order valence-electron chi connectivity index (χ4n) is 1.68. The Labute approximate surface area is 123 Å². The van der Waals surface area contributed by atoms with Crippen molar-refractivity contribution in [3.05, 3.63) is 48.3 Å². The van der Waals surface area contributed by atoms with Crippen LogP contribution in [-0.4, -0.2) is 21.1 Å². The van der Waals surface area contributed by atoms with Gasteiger partial charge in [0.2, 0.25) is 11.9 Å². The van der Waals surface area contributed by atoms with Gasteiger partial charge >= 0.3 is 0 Å². The molecule has 2 rings (SSSR count). The van der Waals surface area contributed by atoms with Crippen LogP contribution < -0.4 is 5.32 Å². The summed E-state index contributed by atoms with van der Waals surface area (Å²) in [6.45, 7) is 4.32. The lowest BCUT2D eigenvalue weighted by Gasteiger charge is -2.06. The van der Waals surface area contributed by atoms with Crippen LogP contribution in [0.1, 0.15) is 19.4 Å². The van der Waals surface area contributed by atoms with Gasteiger partial charge < -0.3 is 0 Å². The highest BCUT2D eigenvalue weighted by molar-refractivity contribution is 7.99. The third-order valence-corrected chi connectivity index (χ3v) is 3.49. The van der Waals surface area contributed by atoms with Crippen molar-refractivity contribution in [1.29, 1.82) is 0 Å². The van der Waals surface area contributed by atoms with Gasteiger partial charge in [-0.1, -0.05) is 26.0 Å². The molecule has 0 aliphatic rings. The Morgan fingerprint density at radius 2 is 1.85 bits per heavy atom. The summed E-state index contributed by atoms with van der Waals surface area (Å²) >= 11 is 1.81. The molecule has 2 aromatic rings. The van der Waals surface area contributed by atoms with Gasteiger partial charge in [0.05, 0.1) is 6.42 Å². The number of hydrogen-bond donors (Lipinski definition) is 1. The Kier molecular flexibility index (Phi) is 5.12. The first-order valence-electron chi connectivity index (χ1n) is 6.46. The number of rotatable bonds is 5. The summed E-state index contributed by atoms with van der Waals surface area (Å²) < 4.78 is 0. The van der Waals surface area contributed by atoms with Crippen molar-refractivity contribution in [1.82, 2.24) is 9.97 Å². The van der Waals surface area contributed by atoms with E-state index in [1.165, 1.54) is 4.90 Å². The van der Waals surface area contributed by atoms with E-state index in [0.717, 1.165) is 5.56 Å². The molecule has 104 valence electrons. The van der Waals surface area contributed by atoms with E-state index in [2.05, 4.69) is 29.1 Å². The molecule has 0 unspecified atom stereocenters. The zero-order valence-corrected chi connectivity index (χ0v) is 12.4. The first-order chi connectivity index (χ1) is 9.63. The topological polar surface area (TPSA) is 54.9 Å². The van der Waals surface area contributed by atoms with Gasteiger partial charge in [-0.05, 0) is 23.8 Å². The zero-order valence-electron chi connectivity index (χ0n) is 11.5. The van der Waals surface area contributed by atoms with Gasteiger partial charge in [0, 0.05) is 22.5 Å². The lowest BCUT2D eigenvalue weighted by molar-refractivity contribution is -0.115. The van der Waals surface area contributed by atoms with E-state index in [-0.39, 0.29) is 5.91 Å². The van der Waals surface area contributed by atoms with Gasteiger partial charge in [-0.2, -0.15) is 0 Å². The summed E-state index contributed by atoms with van der Waals surface area (Å²) in [6.07, 6.45) is 3.52. The summed E-state index contributed by atoms with van der Waals surface area (Å²) in [5.41, 5.74) is 0.978. The van der Waals surface area contributed by atoms with Crippen molar-refractivity contribution in [2.45, 2.75) is 30.4 Å². The molecule has 1 aromatic heterocycles. The van der Waals surface area contributed by atoms with Crippen LogP contribution >= 0.6 is 11.8 Å². The average Bonchev–Trinajstić information content (AvgIpc) is 2.41. The second kappa shape index (κ2) is 7.05. The monoisotopic (exact) mass is 287 g/mol. The standard InChI is InChI=1S/C15H17N3OS/c1-11(2)20-13-6-4-12(5-7-13)10-14(19)18-15-16-8-3-9-17-15/h3-9,11H,10H2,1-2H3,(H,16,17,18,19). The van der Waals surface area contributed by atoms with Gasteiger partial charge in [0.1, 0.15) is 0 Å². The second-order valence-corrected chi connectivity index (χ2v) is 6.26. The highest BCUT2D eigenvalue weighted by Gasteiger charge is 2.06. The third-order valence-electron chi connectivity index (χ3n) is 2.48. The van der Waals surface area contributed by atoms with Crippen LogP contribution in [0.2, 0.25) is 0 Å². The maximum absolute atomic E-state index is 11.8. The Morgan fingerprint density at radius 3 is 2.45 bits per heavy atom. The molecule has 0 saturated heterocycles. The normalized spacial score (nSPS) is 10.6. The highest BCUT2D eigenvalue weighted by atomic mass is 32.2. The van der Waals surface area contributed by atoms with Crippen LogP contribution in [0, 0.1) is 0 Å². The quantitative estimate of drug-likeness (QED) is 0.858. The summed E-state index contributed by atoms with van der Waals surface area (Å²) in [5.74, 6) is 0.227. The van der Waals surface area contributed by atoms with E-state index in [1.54, 1.807) is 18.5 Å². The van der Waals surface area contributed by atoms with Crippen LogP contribution in [0.3, 0.4) is 0 Å². The number of aromatic nitrogens is 2. The molecule has 0 radical (unpaired) electrons. The molecule has 5 heteroatoms. The van der Waals surface area contributed by atoms with Crippen LogP contribution in [0.4, 0.5) is 5.95 Å². The molecule has 0 atom stereocenters. The number of carbonyl (C=O) groups excluding carboxylic acids is 1. The Morgan fingerprint density at radius 1 is 1.20 bits per heavy atom. The minimum atomic E-state index is -0.111. The molecule has 0 aliphatic carbocycles. The maximum atomic E-state index is 11.8. The van der Waals surface area contributed by atoms with Gasteiger partial charge in [0.25, 0.3) is 0 Å². The fourth-order valence-corrected chi connectivity index (χ4v) is 2.51. The van der Waals surface area contributed by atoms with Gasteiger partial charge in [0.15, 0.2) is 0 Å². The molecule has 1 amide bonds. The van der Waals surface area contributed by atoms with Crippen molar-refractivity contribution >= 4 is 23.6 Å². The summed E-state index contributed by atoms with van der Waals surface area (Å²) in [7, 11) is 0. The lowest BCUT2D eigenvalue weighted by Crippen LogP contribution is -2.16. The molecule has 1 aromatic carbocycles. The average molecular weight is 287 g/mol. The number of benzene rings is 1. The van der Waals surface area contributed by atoms with Gasteiger partial charge in [-0.3, -0.25) is 10.1 Å². The number of thioether (sulfide) groups is 1. The Balaban J connectivity index is 1.91. The largest absolute Gasteiger partial charge is 0.294 e. The van der Waals surface area contributed by atoms with E-state index >= 15 is 0 Å². The minimum absolute atomic E-state index is 0.111. The van der Waals surface area contributed by atoms with Crippen molar-refractivity contribution < 1.29 is 4.79 Å². The molecule has 1 N–H and O–H groups in total. The molecule has 0 aliphatic heterocycles. The molecule has 0 saturated carbocycles. The molecule has 0 spiro atoms. The fraction of sp³-hybridized carbons (Fsp3) is 0.267. The van der Waals surface area contributed by atoms with Crippen molar-refractivity contribution in [3.63, 3.8) is 0 Å². The smallest absolute Gasteiger partial charge is 0.231 e. The Hall–Kier alpha value is -1.88. The van der Waals surface area contributed by atoms with E-state index in [9.17, 15) is 4.79 Å². The maximum Gasteiger partial charge on any atom is 0.231 e. The number of amides is 1. The Bertz CT molecular complexity index is 555. The SMILES string of the molecule is CC(C)Sc1ccc(CC(=O)Nc2ncccn2)cc1. The van der Waals surface area contributed by atoms with Gasteiger partial charge in [-0.25, -0.2) is 9.97 Å². The number of carbonyl (C=O) groups is 1. The molecule has 1 heterocycles. The van der Waals surface area contributed by atoms with Crippen molar-refractivity contribution in [2.24, 2.45) is 0 Å². The van der Waals surface area contributed by atoms with E-state index in [0.29, 0.717) is 17.6 Å². The first-order valence-corrected chi connectivity index (χ1v) is 7.34. The number of nitrogens with zero attached hydrogens (tertiary/aromatic N) is 2. The third kappa shape index (κ3) is 4.66. The van der Waals surface area contributed by atoms with E-state index in [4.69, 9.17) is 0 Å². The van der Waals surface area contributed by atoms with Gasteiger partial charge in [-0.15, -0.1) is 11.8 Å². The van der Waals surface area contributed by atoms with Crippen LogP contribution in [0.5, 0.6) is 0 Å². The zero-order chi connectivity index (χ0) is 14.4. The molecule has 0 fully saturated rings. The predicted molar refractivity (Wildman–Crippen MR) is 81.8 cm³/mol. The van der Waals surface area contributed by atoms with E-state index in [1.807, 2.05) is 36.0 Å². The van der Waals surface area contributed by atoms with Crippen LogP contribution in [0.25, 0.3) is 0 Å². The number of nitrogens with one attached hydrogen (secondary N) is 1. The van der Waals surface area contributed by atoms with Crippen LogP contribution in [-0.2, 0) is 11.2 Å². The van der Waals surface area contributed by atoms with Crippen LogP contribution in [0.15, 0.2) is 47.6 Å². The minimum Gasteiger partial charge on any atom is -0.294 e. The molecule has 4 nitrogen and oxygen atoms in total. The molecular weight excluding hydrogens is 270 g/mol. The predicted octanol–water partition coefficient (Wildman–Crippen LogP) is 3.16. The lowest BCUT2D eigenvalue weighted by atomic mass is 10.1. The highest BCUT2D eigenvalue weighted by Crippen LogP contribution is 2.22. The van der Waals surface area contributed by atoms with E-state index < -0.39 is 0 Å². The summed E-state index contributed by atoms with van der Waals surface area (Å²) in [4.78, 5) is 21.0. The number of hydrogen-bond acceptors (Lipinski definition) is 4. The van der Waals surface area contributed by atoms with Crippen molar-refractivity contribution in [3.8, 4) is 0 Å². The molecular formula is C15H17N3OS. The summed E-state index contributed by atoms with van der Waals surface area (Å²) in [5, 5.41) is 3.23. The molecule has 0 bridgehead atoms. The first kappa shape index (κ1) is 14.5. The van der Waals surface area contributed by atoms with Crippen molar-refractivity contribution in [2.75, 3.05) is 5.32 Å². The summed E-state index contributed by atoms with van der Waals surface area (Å²) in [6, 6.07) is 9.77. The second-order valence-electron chi connectivity index (χ2n) is 4.61. The molecule has 20 heavy (non-hydrogen) atoms. The number of anilines is 1.